The Balaban J connectivity index is 2.45. The Morgan fingerprint density at radius 1 is 1.16 bits per heavy atom. The van der Waals surface area contributed by atoms with Crippen LogP contribution in [0.2, 0.25) is 0 Å². The van der Waals surface area contributed by atoms with E-state index < -0.39 is 0 Å². The van der Waals surface area contributed by atoms with Crippen LogP contribution < -0.4 is 0 Å². The first kappa shape index (κ1) is 16.0. The lowest BCUT2D eigenvalue weighted by Gasteiger charge is -2.37. The third-order valence-electron chi connectivity index (χ3n) is 4.01. The molecule has 19 heavy (non-hydrogen) atoms. The molecule has 0 aliphatic heterocycles. The van der Waals surface area contributed by atoms with E-state index in [0.29, 0.717) is 18.4 Å². The zero-order valence-electron chi connectivity index (χ0n) is 12.9. The molecule has 110 valence electrons. The van der Waals surface area contributed by atoms with Gasteiger partial charge in [0.1, 0.15) is 0 Å². The molecule has 1 aliphatic carbocycles. The number of methoxy groups -OCH3 is 1. The van der Waals surface area contributed by atoms with E-state index in [9.17, 15) is 9.59 Å². The highest BCUT2D eigenvalue weighted by molar-refractivity contribution is 5.81. The van der Waals surface area contributed by atoms with Gasteiger partial charge in [0.05, 0.1) is 7.11 Å². The van der Waals surface area contributed by atoms with Crippen molar-refractivity contribution in [1.29, 1.82) is 0 Å². The summed E-state index contributed by atoms with van der Waals surface area (Å²) < 4.78 is 4.71. The molecule has 1 fully saturated rings. The van der Waals surface area contributed by atoms with Crippen LogP contribution in [0.4, 0.5) is 0 Å². The summed E-state index contributed by atoms with van der Waals surface area (Å²) in [5.74, 6) is 0.494. The van der Waals surface area contributed by atoms with Gasteiger partial charge >= 0.3 is 5.97 Å². The normalized spacial score (nSPS) is 23.8. The van der Waals surface area contributed by atoms with E-state index in [0.717, 1.165) is 25.7 Å². The summed E-state index contributed by atoms with van der Waals surface area (Å²) in [6.45, 7) is 5.86. The van der Waals surface area contributed by atoms with Crippen LogP contribution in [-0.4, -0.2) is 37.0 Å². The minimum Gasteiger partial charge on any atom is -0.469 e. The molecule has 4 heteroatoms. The van der Waals surface area contributed by atoms with Crippen LogP contribution in [0.15, 0.2) is 0 Å². The van der Waals surface area contributed by atoms with E-state index in [4.69, 9.17) is 4.74 Å². The van der Waals surface area contributed by atoms with E-state index in [1.165, 1.54) is 7.11 Å². The number of rotatable bonds is 3. The van der Waals surface area contributed by atoms with E-state index >= 15 is 0 Å². The summed E-state index contributed by atoms with van der Waals surface area (Å²) in [4.78, 5) is 25.4. The van der Waals surface area contributed by atoms with Gasteiger partial charge in [-0.2, -0.15) is 0 Å². The molecule has 0 heterocycles. The van der Waals surface area contributed by atoms with Crippen molar-refractivity contribution in [2.24, 2.45) is 11.3 Å². The smallest absolute Gasteiger partial charge is 0.305 e. The Labute approximate surface area is 116 Å². The van der Waals surface area contributed by atoms with Crippen molar-refractivity contribution in [2.45, 2.75) is 58.9 Å². The van der Waals surface area contributed by atoms with Crippen LogP contribution in [0.25, 0.3) is 0 Å². The minimum atomic E-state index is -0.322. The molecule has 0 aromatic heterocycles. The fourth-order valence-electron chi connectivity index (χ4n) is 2.75. The molecule has 0 N–H and O–H groups in total. The number of amides is 1. The summed E-state index contributed by atoms with van der Waals surface area (Å²) in [5, 5.41) is 0. The fraction of sp³-hybridized carbons (Fsp3) is 0.867. The molecular formula is C15H27NO3. The highest BCUT2D eigenvalue weighted by Gasteiger charge is 2.32. The monoisotopic (exact) mass is 269 g/mol. The van der Waals surface area contributed by atoms with Crippen molar-refractivity contribution < 1.29 is 14.3 Å². The molecule has 0 aromatic rings. The molecule has 0 atom stereocenters. The molecular weight excluding hydrogens is 242 g/mol. The molecule has 1 aliphatic rings. The van der Waals surface area contributed by atoms with Crippen molar-refractivity contribution in [3.63, 3.8) is 0 Å². The molecule has 0 spiro atoms. The van der Waals surface area contributed by atoms with Crippen LogP contribution in [0.1, 0.15) is 52.9 Å². The van der Waals surface area contributed by atoms with Gasteiger partial charge in [-0.15, -0.1) is 0 Å². The number of hydrogen-bond donors (Lipinski definition) is 0. The Kier molecular flexibility index (Phi) is 5.39. The lowest BCUT2D eigenvalue weighted by atomic mass is 9.82. The van der Waals surface area contributed by atoms with Crippen molar-refractivity contribution in [1.82, 2.24) is 4.90 Å². The Hall–Kier alpha value is -1.06. The van der Waals surface area contributed by atoms with Gasteiger partial charge in [-0.3, -0.25) is 9.59 Å². The van der Waals surface area contributed by atoms with Crippen molar-refractivity contribution in [3.8, 4) is 0 Å². The molecule has 0 aromatic carbocycles. The standard InChI is InChI=1S/C15H27NO3/c1-15(2,3)14(18)16(4)12-8-6-11(7-9-12)10-13(17)19-5/h11-12H,6-10H2,1-5H3. The number of hydrogen-bond acceptors (Lipinski definition) is 3. The average Bonchev–Trinajstić information content (AvgIpc) is 2.36. The second-order valence-electron chi connectivity index (χ2n) is 6.62. The fourth-order valence-corrected chi connectivity index (χ4v) is 2.75. The highest BCUT2D eigenvalue weighted by atomic mass is 16.5. The van der Waals surface area contributed by atoms with E-state index in [1.807, 2.05) is 32.7 Å². The molecule has 1 saturated carbocycles. The minimum absolute atomic E-state index is 0.123. The van der Waals surface area contributed by atoms with Crippen molar-refractivity contribution >= 4 is 11.9 Å². The third kappa shape index (κ3) is 4.51. The summed E-state index contributed by atoms with van der Waals surface area (Å²) in [5.41, 5.74) is -0.322. The van der Waals surface area contributed by atoms with Gasteiger partial charge in [0.2, 0.25) is 5.91 Å². The zero-order valence-corrected chi connectivity index (χ0v) is 12.9. The highest BCUT2D eigenvalue weighted by Crippen LogP contribution is 2.31. The predicted octanol–water partition coefficient (Wildman–Crippen LogP) is 2.61. The number of esters is 1. The van der Waals surface area contributed by atoms with Crippen LogP contribution in [0.5, 0.6) is 0 Å². The molecule has 0 bridgehead atoms. The van der Waals surface area contributed by atoms with Crippen LogP contribution >= 0.6 is 0 Å². The Bertz CT molecular complexity index is 325. The Morgan fingerprint density at radius 2 is 1.68 bits per heavy atom. The average molecular weight is 269 g/mol. The quantitative estimate of drug-likeness (QED) is 0.740. The largest absolute Gasteiger partial charge is 0.469 e. The van der Waals surface area contributed by atoms with E-state index in [-0.39, 0.29) is 17.3 Å². The van der Waals surface area contributed by atoms with Crippen LogP contribution in [0.3, 0.4) is 0 Å². The van der Waals surface area contributed by atoms with Crippen LogP contribution in [-0.2, 0) is 14.3 Å². The summed E-state index contributed by atoms with van der Waals surface area (Å²) in [6, 6.07) is 0.320. The molecule has 0 unspecified atom stereocenters. The van der Waals surface area contributed by atoms with Gasteiger partial charge in [0.15, 0.2) is 0 Å². The van der Waals surface area contributed by atoms with E-state index in [1.54, 1.807) is 0 Å². The number of ether oxygens (including phenoxy) is 1. The maximum absolute atomic E-state index is 12.2. The maximum Gasteiger partial charge on any atom is 0.305 e. The van der Waals surface area contributed by atoms with Gasteiger partial charge in [-0.05, 0) is 31.6 Å². The molecule has 0 radical (unpaired) electrons. The predicted molar refractivity (Wildman–Crippen MR) is 74.6 cm³/mol. The van der Waals surface area contributed by atoms with Crippen LogP contribution in [0, 0.1) is 11.3 Å². The second-order valence-corrected chi connectivity index (χ2v) is 6.62. The van der Waals surface area contributed by atoms with Gasteiger partial charge < -0.3 is 9.64 Å². The molecule has 1 rings (SSSR count). The van der Waals surface area contributed by atoms with Crippen molar-refractivity contribution in [3.05, 3.63) is 0 Å². The first-order valence-electron chi connectivity index (χ1n) is 7.09. The Morgan fingerprint density at radius 3 is 2.11 bits per heavy atom. The molecule has 1 amide bonds. The first-order chi connectivity index (χ1) is 8.75. The third-order valence-corrected chi connectivity index (χ3v) is 4.01. The lowest BCUT2D eigenvalue weighted by Crippen LogP contribution is -2.44. The summed E-state index contributed by atoms with van der Waals surface area (Å²) in [7, 11) is 3.34. The number of carbonyl (C=O) groups is 2. The number of nitrogens with zero attached hydrogens (tertiary/aromatic N) is 1. The first-order valence-corrected chi connectivity index (χ1v) is 7.09. The van der Waals surface area contributed by atoms with Crippen molar-refractivity contribution in [2.75, 3.05) is 14.2 Å². The maximum atomic E-state index is 12.2. The topological polar surface area (TPSA) is 46.6 Å². The number of carbonyl (C=O) groups excluding carboxylic acids is 2. The van der Waals surface area contributed by atoms with Gasteiger partial charge in [-0.25, -0.2) is 0 Å². The molecule has 0 saturated heterocycles. The summed E-state index contributed by atoms with van der Waals surface area (Å²) >= 11 is 0. The van der Waals surface area contributed by atoms with Gasteiger partial charge in [0, 0.05) is 24.9 Å². The zero-order chi connectivity index (χ0) is 14.6. The lowest BCUT2D eigenvalue weighted by molar-refractivity contribution is -0.143. The second kappa shape index (κ2) is 6.40. The summed E-state index contributed by atoms with van der Waals surface area (Å²) in [6.07, 6.45) is 4.49. The van der Waals surface area contributed by atoms with E-state index in [2.05, 4.69) is 0 Å². The SMILES string of the molecule is COC(=O)CC1CCC(N(C)C(=O)C(C)(C)C)CC1. The molecule has 4 nitrogen and oxygen atoms in total. The van der Waals surface area contributed by atoms with Gasteiger partial charge in [-0.1, -0.05) is 20.8 Å². The van der Waals surface area contributed by atoms with Gasteiger partial charge in [0.25, 0.3) is 0 Å².